The van der Waals surface area contributed by atoms with Crippen molar-refractivity contribution in [2.24, 2.45) is 0 Å². The Labute approximate surface area is 107 Å². The normalized spacial score (nSPS) is 13.1. The molecule has 1 atom stereocenters. The summed E-state index contributed by atoms with van der Waals surface area (Å²) in [5.41, 5.74) is 1.23. The molecule has 2 nitrogen and oxygen atoms in total. The third-order valence-electron chi connectivity index (χ3n) is 2.87. The molecule has 1 aromatic heterocycles. The van der Waals surface area contributed by atoms with Gasteiger partial charge in [-0.1, -0.05) is 25.1 Å². The Kier molecular flexibility index (Phi) is 4.51. The Morgan fingerprint density at radius 1 is 1.35 bits per heavy atom. The zero-order valence-electron chi connectivity index (χ0n) is 10.5. The lowest BCUT2D eigenvalue weighted by molar-refractivity contribution is 0.556. The number of aromatic nitrogens is 1. The van der Waals surface area contributed by atoms with E-state index < -0.39 is 0 Å². The molecular weight excluding hydrogens is 228 g/mol. The van der Waals surface area contributed by atoms with Gasteiger partial charge in [0.25, 0.3) is 0 Å². The van der Waals surface area contributed by atoms with Crippen LogP contribution in [-0.2, 0) is 0 Å². The molecule has 17 heavy (non-hydrogen) atoms. The monoisotopic (exact) mass is 248 g/mol. The number of aromatic amines is 1. The molecule has 2 rings (SSSR count). The Morgan fingerprint density at radius 3 is 2.94 bits per heavy atom. The summed E-state index contributed by atoms with van der Waals surface area (Å²) >= 11 is 1.90. The fourth-order valence-electron chi connectivity index (χ4n) is 1.92. The van der Waals surface area contributed by atoms with E-state index in [1.807, 2.05) is 11.8 Å². The van der Waals surface area contributed by atoms with Crippen LogP contribution in [0, 0.1) is 0 Å². The van der Waals surface area contributed by atoms with Gasteiger partial charge in [0.2, 0.25) is 0 Å². The van der Waals surface area contributed by atoms with Crippen molar-refractivity contribution in [3.05, 3.63) is 30.3 Å². The largest absolute Gasteiger partial charge is 0.350 e. The van der Waals surface area contributed by atoms with E-state index in [2.05, 4.69) is 54.5 Å². The van der Waals surface area contributed by atoms with Crippen molar-refractivity contribution in [1.29, 1.82) is 0 Å². The highest BCUT2D eigenvalue weighted by atomic mass is 32.2. The van der Waals surface area contributed by atoms with Gasteiger partial charge in [-0.2, -0.15) is 0 Å². The Bertz CT molecular complexity index is 431. The van der Waals surface area contributed by atoms with Crippen molar-refractivity contribution in [2.75, 3.05) is 12.3 Å². The van der Waals surface area contributed by atoms with E-state index >= 15 is 0 Å². The predicted octanol–water partition coefficient (Wildman–Crippen LogP) is 3.65. The van der Waals surface area contributed by atoms with E-state index in [1.54, 1.807) is 0 Å². The van der Waals surface area contributed by atoms with Crippen LogP contribution < -0.4 is 5.32 Å². The van der Waals surface area contributed by atoms with Crippen molar-refractivity contribution in [1.82, 2.24) is 10.3 Å². The van der Waals surface area contributed by atoms with Crippen LogP contribution in [0.4, 0.5) is 0 Å². The zero-order chi connectivity index (χ0) is 12.1. The molecular formula is C14H20N2S. The number of rotatable bonds is 6. The van der Waals surface area contributed by atoms with Gasteiger partial charge in [-0.05, 0) is 32.0 Å². The first-order valence-electron chi connectivity index (χ1n) is 6.23. The predicted molar refractivity (Wildman–Crippen MR) is 76.8 cm³/mol. The third kappa shape index (κ3) is 3.51. The van der Waals surface area contributed by atoms with E-state index in [0.29, 0.717) is 6.04 Å². The van der Waals surface area contributed by atoms with E-state index in [0.717, 1.165) is 12.3 Å². The fraction of sp³-hybridized carbons (Fsp3) is 0.429. The number of hydrogen-bond acceptors (Lipinski definition) is 2. The molecule has 0 amide bonds. The highest BCUT2D eigenvalue weighted by molar-refractivity contribution is 7.99. The van der Waals surface area contributed by atoms with Crippen molar-refractivity contribution in [3.8, 4) is 0 Å². The van der Waals surface area contributed by atoms with E-state index in [1.165, 1.54) is 22.3 Å². The molecule has 0 saturated heterocycles. The van der Waals surface area contributed by atoms with Crippen molar-refractivity contribution >= 4 is 22.7 Å². The van der Waals surface area contributed by atoms with Gasteiger partial charge >= 0.3 is 0 Å². The quantitative estimate of drug-likeness (QED) is 0.764. The maximum atomic E-state index is 3.44. The summed E-state index contributed by atoms with van der Waals surface area (Å²) in [6.07, 6.45) is 1.20. The smallest absolute Gasteiger partial charge is 0.0732 e. The first kappa shape index (κ1) is 12.5. The van der Waals surface area contributed by atoms with Crippen LogP contribution in [0.2, 0.25) is 0 Å². The number of benzene rings is 1. The Morgan fingerprint density at radius 2 is 2.18 bits per heavy atom. The molecule has 0 aliphatic rings. The van der Waals surface area contributed by atoms with E-state index in [4.69, 9.17) is 0 Å². The molecule has 3 heteroatoms. The maximum absolute atomic E-state index is 3.44. The van der Waals surface area contributed by atoms with Crippen molar-refractivity contribution in [2.45, 2.75) is 31.3 Å². The lowest BCUT2D eigenvalue weighted by Gasteiger charge is -2.10. The standard InChI is InChI=1S/C14H20N2S/c1-3-15-11(2)8-9-17-14-10-12-6-4-5-7-13(12)16-14/h4-7,10-11,15-16H,3,8-9H2,1-2H3. The highest BCUT2D eigenvalue weighted by Gasteiger charge is 2.03. The maximum Gasteiger partial charge on any atom is 0.0732 e. The summed E-state index contributed by atoms with van der Waals surface area (Å²) in [6, 6.07) is 11.3. The minimum atomic E-state index is 0.608. The average Bonchev–Trinajstić information content (AvgIpc) is 2.71. The number of thioether (sulfide) groups is 1. The second-order valence-corrected chi connectivity index (χ2v) is 5.45. The molecule has 0 radical (unpaired) electrons. The number of para-hydroxylation sites is 1. The minimum Gasteiger partial charge on any atom is -0.350 e. The molecule has 0 spiro atoms. The first-order valence-corrected chi connectivity index (χ1v) is 7.22. The lowest BCUT2D eigenvalue weighted by atomic mass is 10.3. The fourth-order valence-corrected chi connectivity index (χ4v) is 3.00. The Balaban J connectivity index is 1.86. The Hall–Kier alpha value is -0.930. The van der Waals surface area contributed by atoms with Crippen molar-refractivity contribution < 1.29 is 0 Å². The zero-order valence-corrected chi connectivity index (χ0v) is 11.3. The second-order valence-electron chi connectivity index (χ2n) is 4.32. The van der Waals surface area contributed by atoms with Gasteiger partial charge in [-0.25, -0.2) is 0 Å². The number of fused-ring (bicyclic) bond motifs is 1. The summed E-state index contributed by atoms with van der Waals surface area (Å²) in [5, 5.41) is 6.01. The molecule has 1 unspecified atom stereocenters. The molecule has 1 heterocycles. The highest BCUT2D eigenvalue weighted by Crippen LogP contribution is 2.23. The SMILES string of the molecule is CCNC(C)CCSc1cc2ccccc2[nH]1. The number of nitrogens with one attached hydrogen (secondary N) is 2. The van der Waals surface area contributed by atoms with Gasteiger partial charge in [0.15, 0.2) is 0 Å². The van der Waals surface area contributed by atoms with Crippen LogP contribution in [-0.4, -0.2) is 23.3 Å². The van der Waals surface area contributed by atoms with E-state index in [-0.39, 0.29) is 0 Å². The summed E-state index contributed by atoms with van der Waals surface area (Å²) in [6.45, 7) is 5.45. The lowest BCUT2D eigenvalue weighted by Crippen LogP contribution is -2.25. The average molecular weight is 248 g/mol. The molecule has 0 aliphatic heterocycles. The molecule has 2 N–H and O–H groups in total. The van der Waals surface area contributed by atoms with Crippen LogP contribution in [0.5, 0.6) is 0 Å². The number of H-pyrrole nitrogens is 1. The van der Waals surface area contributed by atoms with Crippen molar-refractivity contribution in [3.63, 3.8) is 0 Å². The van der Waals surface area contributed by atoms with Gasteiger partial charge in [0, 0.05) is 22.7 Å². The van der Waals surface area contributed by atoms with Gasteiger partial charge in [-0.15, -0.1) is 11.8 Å². The van der Waals surface area contributed by atoms with Gasteiger partial charge in [0.05, 0.1) is 5.03 Å². The molecule has 0 aliphatic carbocycles. The summed E-state index contributed by atoms with van der Waals surface area (Å²) < 4.78 is 0. The second kappa shape index (κ2) is 6.12. The van der Waals surface area contributed by atoms with Crippen LogP contribution >= 0.6 is 11.8 Å². The summed E-state index contributed by atoms with van der Waals surface area (Å²) in [5.74, 6) is 1.15. The molecule has 0 bridgehead atoms. The molecule has 2 aromatic rings. The van der Waals surface area contributed by atoms with Crippen LogP contribution in [0.3, 0.4) is 0 Å². The van der Waals surface area contributed by atoms with Crippen LogP contribution in [0.15, 0.2) is 35.4 Å². The summed E-state index contributed by atoms with van der Waals surface area (Å²) in [4.78, 5) is 3.44. The van der Waals surface area contributed by atoms with Crippen LogP contribution in [0.1, 0.15) is 20.3 Å². The van der Waals surface area contributed by atoms with Gasteiger partial charge < -0.3 is 10.3 Å². The molecule has 92 valence electrons. The third-order valence-corrected chi connectivity index (χ3v) is 3.84. The van der Waals surface area contributed by atoms with Gasteiger partial charge in [0.1, 0.15) is 0 Å². The van der Waals surface area contributed by atoms with Gasteiger partial charge in [-0.3, -0.25) is 0 Å². The number of hydrogen-bond donors (Lipinski definition) is 2. The summed E-state index contributed by atoms with van der Waals surface area (Å²) in [7, 11) is 0. The first-order chi connectivity index (χ1) is 8.29. The molecule has 1 aromatic carbocycles. The molecule has 0 fully saturated rings. The topological polar surface area (TPSA) is 27.8 Å². The van der Waals surface area contributed by atoms with Crippen LogP contribution in [0.25, 0.3) is 10.9 Å². The minimum absolute atomic E-state index is 0.608. The van der Waals surface area contributed by atoms with E-state index in [9.17, 15) is 0 Å². The molecule has 0 saturated carbocycles.